The summed E-state index contributed by atoms with van der Waals surface area (Å²) in [6, 6.07) is 17.1. The molecule has 2 aromatic carbocycles. The van der Waals surface area contributed by atoms with Crippen LogP contribution in [0.1, 0.15) is 11.4 Å². The van der Waals surface area contributed by atoms with Crippen molar-refractivity contribution in [1.82, 2.24) is 30.8 Å². The lowest BCUT2D eigenvalue weighted by Gasteiger charge is -2.08. The summed E-state index contributed by atoms with van der Waals surface area (Å²) in [4.78, 5) is 11.9. The molecular formula is C18H20N6O2. The van der Waals surface area contributed by atoms with Crippen molar-refractivity contribution in [2.45, 2.75) is 13.0 Å². The SMILES string of the molecule is COc1ccc(-n2nnnc2CNC(=O)NCCc2ccccc2)cc1. The molecule has 3 rings (SSSR count). The van der Waals surface area contributed by atoms with Gasteiger partial charge in [-0.3, -0.25) is 0 Å². The number of carbonyl (C=O) groups is 1. The van der Waals surface area contributed by atoms with Crippen molar-refractivity contribution in [1.29, 1.82) is 0 Å². The summed E-state index contributed by atoms with van der Waals surface area (Å²) in [7, 11) is 1.61. The summed E-state index contributed by atoms with van der Waals surface area (Å²) < 4.78 is 6.71. The second-order valence-corrected chi connectivity index (χ2v) is 5.55. The monoisotopic (exact) mass is 352 g/mol. The number of hydrogen-bond donors (Lipinski definition) is 2. The number of nitrogens with one attached hydrogen (secondary N) is 2. The van der Waals surface area contributed by atoms with Crippen LogP contribution in [0.15, 0.2) is 54.6 Å². The van der Waals surface area contributed by atoms with Crippen molar-refractivity contribution in [3.8, 4) is 11.4 Å². The molecule has 0 unspecified atom stereocenters. The molecule has 1 heterocycles. The van der Waals surface area contributed by atoms with E-state index in [1.54, 1.807) is 11.8 Å². The number of carbonyl (C=O) groups excluding carboxylic acids is 1. The fourth-order valence-corrected chi connectivity index (χ4v) is 2.43. The van der Waals surface area contributed by atoms with Crippen molar-refractivity contribution in [2.24, 2.45) is 0 Å². The number of amides is 2. The summed E-state index contributed by atoms with van der Waals surface area (Å²) in [5.74, 6) is 1.28. The molecule has 0 saturated carbocycles. The maximum Gasteiger partial charge on any atom is 0.315 e. The van der Waals surface area contributed by atoms with E-state index in [0.29, 0.717) is 12.4 Å². The molecule has 0 radical (unpaired) electrons. The van der Waals surface area contributed by atoms with Crippen molar-refractivity contribution >= 4 is 6.03 Å². The third-order valence-electron chi connectivity index (χ3n) is 3.80. The summed E-state index contributed by atoms with van der Waals surface area (Å²) in [5, 5.41) is 17.2. The van der Waals surface area contributed by atoms with Crippen molar-refractivity contribution in [3.63, 3.8) is 0 Å². The first-order valence-electron chi connectivity index (χ1n) is 8.23. The van der Waals surface area contributed by atoms with Crippen LogP contribution in [0.4, 0.5) is 4.79 Å². The normalized spacial score (nSPS) is 10.3. The Hall–Kier alpha value is -3.42. The molecule has 134 valence electrons. The molecule has 0 saturated heterocycles. The topological polar surface area (TPSA) is 94.0 Å². The number of benzene rings is 2. The summed E-state index contributed by atoms with van der Waals surface area (Å²) in [6.45, 7) is 0.773. The predicted octanol–water partition coefficient (Wildman–Crippen LogP) is 1.71. The second kappa shape index (κ2) is 8.61. The number of ether oxygens (including phenoxy) is 1. The Bertz CT molecular complexity index is 832. The van der Waals surface area contributed by atoms with Crippen molar-refractivity contribution in [3.05, 3.63) is 66.0 Å². The van der Waals surface area contributed by atoms with Gasteiger partial charge in [-0.1, -0.05) is 30.3 Å². The van der Waals surface area contributed by atoms with Crippen LogP contribution in [0.5, 0.6) is 5.75 Å². The average Bonchev–Trinajstić information content (AvgIpc) is 3.16. The Kier molecular flexibility index (Phi) is 5.76. The number of urea groups is 1. The molecule has 0 bridgehead atoms. The van der Waals surface area contributed by atoms with Crippen LogP contribution >= 0.6 is 0 Å². The van der Waals surface area contributed by atoms with Gasteiger partial charge in [-0.2, -0.15) is 4.68 Å². The van der Waals surface area contributed by atoms with Crippen LogP contribution in [0, 0.1) is 0 Å². The van der Waals surface area contributed by atoms with Crippen LogP contribution in [0.25, 0.3) is 5.69 Å². The van der Waals surface area contributed by atoms with Gasteiger partial charge in [-0.25, -0.2) is 4.79 Å². The van der Waals surface area contributed by atoms with Gasteiger partial charge in [-0.15, -0.1) is 5.10 Å². The van der Waals surface area contributed by atoms with Crippen LogP contribution in [-0.4, -0.2) is 39.9 Å². The van der Waals surface area contributed by atoms with Gasteiger partial charge in [0.05, 0.1) is 19.3 Å². The number of aromatic nitrogens is 4. The highest BCUT2D eigenvalue weighted by atomic mass is 16.5. The van der Waals surface area contributed by atoms with Gasteiger partial charge >= 0.3 is 6.03 Å². The second-order valence-electron chi connectivity index (χ2n) is 5.55. The first kappa shape index (κ1) is 17.4. The van der Waals surface area contributed by atoms with E-state index in [1.165, 1.54) is 5.56 Å². The minimum Gasteiger partial charge on any atom is -0.497 e. The van der Waals surface area contributed by atoms with Crippen LogP contribution in [0.2, 0.25) is 0 Å². The lowest BCUT2D eigenvalue weighted by atomic mass is 10.1. The summed E-state index contributed by atoms with van der Waals surface area (Å²) >= 11 is 0. The molecule has 0 fully saturated rings. The van der Waals surface area contributed by atoms with Crippen LogP contribution in [0.3, 0.4) is 0 Å². The first-order valence-corrected chi connectivity index (χ1v) is 8.23. The molecule has 26 heavy (non-hydrogen) atoms. The van der Waals surface area contributed by atoms with Gasteiger partial charge in [0, 0.05) is 6.54 Å². The number of methoxy groups -OCH3 is 1. The number of hydrogen-bond acceptors (Lipinski definition) is 5. The number of tetrazole rings is 1. The highest BCUT2D eigenvalue weighted by molar-refractivity contribution is 5.73. The smallest absolute Gasteiger partial charge is 0.315 e. The Morgan fingerprint density at radius 2 is 1.85 bits per heavy atom. The van der Waals surface area contributed by atoms with Crippen LogP contribution in [-0.2, 0) is 13.0 Å². The van der Waals surface area contributed by atoms with E-state index < -0.39 is 0 Å². The predicted molar refractivity (Wildman–Crippen MR) is 96.1 cm³/mol. The maximum atomic E-state index is 11.9. The molecule has 1 aromatic heterocycles. The highest BCUT2D eigenvalue weighted by Gasteiger charge is 2.10. The quantitative estimate of drug-likeness (QED) is 0.675. The average molecular weight is 352 g/mol. The number of rotatable bonds is 7. The molecular weight excluding hydrogens is 332 g/mol. The molecule has 2 amide bonds. The van der Waals surface area contributed by atoms with E-state index in [2.05, 4.69) is 26.2 Å². The number of nitrogens with zero attached hydrogens (tertiary/aromatic N) is 4. The molecule has 3 aromatic rings. The summed E-state index contributed by atoms with van der Waals surface area (Å²) in [5.41, 5.74) is 1.97. The molecule has 8 nitrogen and oxygen atoms in total. The molecule has 8 heteroatoms. The maximum absolute atomic E-state index is 11.9. The van der Waals surface area contributed by atoms with E-state index in [4.69, 9.17) is 4.74 Å². The largest absolute Gasteiger partial charge is 0.497 e. The Morgan fingerprint density at radius 1 is 1.08 bits per heavy atom. The van der Waals surface area contributed by atoms with Crippen LogP contribution < -0.4 is 15.4 Å². The van der Waals surface area contributed by atoms with Gasteiger partial charge in [0.15, 0.2) is 5.82 Å². The lowest BCUT2D eigenvalue weighted by molar-refractivity contribution is 0.240. The van der Waals surface area contributed by atoms with Gasteiger partial charge in [0.25, 0.3) is 0 Å². The minimum absolute atomic E-state index is 0.218. The summed E-state index contributed by atoms with van der Waals surface area (Å²) in [6.07, 6.45) is 0.776. The van der Waals surface area contributed by atoms with Crippen molar-refractivity contribution in [2.75, 3.05) is 13.7 Å². The molecule has 0 atom stereocenters. The zero-order valence-corrected chi connectivity index (χ0v) is 14.4. The Morgan fingerprint density at radius 3 is 2.58 bits per heavy atom. The van der Waals surface area contributed by atoms with Gasteiger partial charge in [-0.05, 0) is 46.7 Å². The Balaban J connectivity index is 1.50. The Labute approximate surface area is 151 Å². The fraction of sp³-hybridized carbons (Fsp3) is 0.222. The molecule has 0 spiro atoms. The fourth-order valence-electron chi connectivity index (χ4n) is 2.43. The lowest BCUT2D eigenvalue weighted by Crippen LogP contribution is -2.36. The van der Waals surface area contributed by atoms with E-state index in [9.17, 15) is 4.79 Å². The zero-order chi connectivity index (χ0) is 18.2. The highest BCUT2D eigenvalue weighted by Crippen LogP contribution is 2.14. The van der Waals surface area contributed by atoms with E-state index >= 15 is 0 Å². The van der Waals surface area contributed by atoms with Gasteiger partial charge < -0.3 is 15.4 Å². The third kappa shape index (κ3) is 4.56. The van der Waals surface area contributed by atoms with Crippen molar-refractivity contribution < 1.29 is 9.53 Å². The van der Waals surface area contributed by atoms with E-state index in [1.807, 2.05) is 54.6 Å². The van der Waals surface area contributed by atoms with Gasteiger partial charge in [0.2, 0.25) is 0 Å². The molecule has 0 aliphatic rings. The van der Waals surface area contributed by atoms with Gasteiger partial charge in [0.1, 0.15) is 5.75 Å². The molecule has 0 aliphatic heterocycles. The zero-order valence-electron chi connectivity index (χ0n) is 14.4. The first-order chi connectivity index (χ1) is 12.8. The van der Waals surface area contributed by atoms with E-state index in [-0.39, 0.29) is 12.6 Å². The molecule has 0 aliphatic carbocycles. The third-order valence-corrected chi connectivity index (χ3v) is 3.80. The standard InChI is InChI=1S/C18H20N6O2/c1-26-16-9-7-15(8-10-16)24-17(21-22-23-24)13-20-18(25)19-12-11-14-5-3-2-4-6-14/h2-10H,11-13H2,1H3,(H2,19,20,25). The van der Waals surface area contributed by atoms with E-state index in [0.717, 1.165) is 17.9 Å². The minimum atomic E-state index is -0.259. The molecule has 2 N–H and O–H groups in total.